The van der Waals surface area contributed by atoms with Gasteiger partial charge in [-0.1, -0.05) is 43.3 Å². The highest BCUT2D eigenvalue weighted by molar-refractivity contribution is 5.40. The molecule has 1 aromatic rings. The zero-order valence-electron chi connectivity index (χ0n) is 11.8. The first-order chi connectivity index (χ1) is 10.0. The molecule has 2 N–H and O–H groups in total. The Morgan fingerprint density at radius 3 is 2.57 bits per heavy atom. The van der Waals surface area contributed by atoms with Crippen LogP contribution < -0.4 is 5.73 Å². The topological polar surface area (TPSA) is 35.2 Å². The predicted molar refractivity (Wildman–Crippen MR) is 77.0 cm³/mol. The molecular formula is C17H17F2NO. The summed E-state index contributed by atoms with van der Waals surface area (Å²) in [7, 11) is 0. The molecule has 2 aliphatic rings. The summed E-state index contributed by atoms with van der Waals surface area (Å²) < 4.78 is 33.5. The minimum absolute atomic E-state index is 0.104. The lowest BCUT2D eigenvalue weighted by Gasteiger charge is -2.34. The van der Waals surface area contributed by atoms with Crippen molar-refractivity contribution in [1.29, 1.82) is 0 Å². The maximum Gasteiger partial charge on any atom is 0.163 e. The highest BCUT2D eigenvalue weighted by Crippen LogP contribution is 2.54. The van der Waals surface area contributed by atoms with Crippen LogP contribution in [-0.2, 0) is 11.3 Å². The van der Waals surface area contributed by atoms with Gasteiger partial charge in [0.2, 0.25) is 0 Å². The van der Waals surface area contributed by atoms with Gasteiger partial charge in [0.05, 0.1) is 0 Å². The van der Waals surface area contributed by atoms with Crippen molar-refractivity contribution in [3.05, 3.63) is 71.2 Å². The van der Waals surface area contributed by atoms with E-state index in [0.29, 0.717) is 5.70 Å². The van der Waals surface area contributed by atoms with Gasteiger partial charge in [-0.2, -0.15) is 0 Å². The van der Waals surface area contributed by atoms with E-state index in [9.17, 15) is 8.78 Å². The normalized spacial score (nSPS) is 28.0. The molecule has 0 aromatic heterocycles. The van der Waals surface area contributed by atoms with Crippen molar-refractivity contribution in [2.45, 2.75) is 20.0 Å². The molecular weight excluding hydrogens is 272 g/mol. The van der Waals surface area contributed by atoms with Crippen LogP contribution in [0.4, 0.5) is 8.78 Å². The van der Waals surface area contributed by atoms with Crippen LogP contribution >= 0.6 is 0 Å². The molecule has 110 valence electrons. The van der Waals surface area contributed by atoms with Crippen LogP contribution in [0.15, 0.2) is 65.6 Å². The van der Waals surface area contributed by atoms with Gasteiger partial charge in [-0.15, -0.1) is 0 Å². The Morgan fingerprint density at radius 1 is 1.29 bits per heavy atom. The second kappa shape index (κ2) is 5.02. The standard InChI is InChI=1S/C17H17F2NO/c1-17(13-8-15(13)20)9-12(18)7-14(19)16(17)21-10-11-5-3-2-4-6-11/h2-8,13H,9-10,20H2,1H3. The van der Waals surface area contributed by atoms with E-state index >= 15 is 0 Å². The molecule has 0 radical (unpaired) electrons. The molecule has 2 unspecified atom stereocenters. The van der Waals surface area contributed by atoms with Crippen molar-refractivity contribution in [3.63, 3.8) is 0 Å². The fourth-order valence-electron chi connectivity index (χ4n) is 2.87. The monoisotopic (exact) mass is 289 g/mol. The molecule has 2 atom stereocenters. The van der Waals surface area contributed by atoms with E-state index in [4.69, 9.17) is 10.5 Å². The number of hydrogen-bond acceptors (Lipinski definition) is 2. The molecule has 0 heterocycles. The summed E-state index contributed by atoms with van der Waals surface area (Å²) in [5.41, 5.74) is 6.59. The molecule has 0 aliphatic heterocycles. The van der Waals surface area contributed by atoms with Crippen molar-refractivity contribution in [2.75, 3.05) is 0 Å². The highest BCUT2D eigenvalue weighted by Gasteiger charge is 2.49. The van der Waals surface area contributed by atoms with E-state index in [1.54, 1.807) is 6.92 Å². The Balaban J connectivity index is 1.83. The van der Waals surface area contributed by atoms with Crippen molar-refractivity contribution in [1.82, 2.24) is 0 Å². The van der Waals surface area contributed by atoms with Crippen LogP contribution in [0.25, 0.3) is 0 Å². The van der Waals surface area contributed by atoms with Gasteiger partial charge in [-0.3, -0.25) is 0 Å². The van der Waals surface area contributed by atoms with Crippen LogP contribution in [0.3, 0.4) is 0 Å². The largest absolute Gasteiger partial charge is 0.490 e. The summed E-state index contributed by atoms with van der Waals surface area (Å²) in [6.45, 7) is 2.04. The van der Waals surface area contributed by atoms with Gasteiger partial charge < -0.3 is 10.5 Å². The molecule has 2 nitrogen and oxygen atoms in total. The molecule has 0 saturated carbocycles. The van der Waals surface area contributed by atoms with Crippen LogP contribution in [0.2, 0.25) is 0 Å². The van der Waals surface area contributed by atoms with E-state index in [-0.39, 0.29) is 24.7 Å². The van der Waals surface area contributed by atoms with Crippen LogP contribution in [-0.4, -0.2) is 0 Å². The molecule has 3 rings (SSSR count). The zero-order chi connectivity index (χ0) is 15.0. The summed E-state index contributed by atoms with van der Waals surface area (Å²) in [5.74, 6) is -1.07. The molecule has 0 spiro atoms. The minimum Gasteiger partial charge on any atom is -0.490 e. The van der Waals surface area contributed by atoms with Gasteiger partial charge >= 0.3 is 0 Å². The number of rotatable bonds is 4. The molecule has 0 fully saturated rings. The second-order valence-electron chi connectivity index (χ2n) is 5.78. The molecule has 0 saturated heterocycles. The Kier molecular flexibility index (Phi) is 3.32. The first-order valence-corrected chi connectivity index (χ1v) is 6.91. The highest BCUT2D eigenvalue weighted by atomic mass is 19.1. The second-order valence-corrected chi connectivity index (χ2v) is 5.78. The van der Waals surface area contributed by atoms with E-state index in [2.05, 4.69) is 0 Å². The summed E-state index contributed by atoms with van der Waals surface area (Å²) >= 11 is 0. The van der Waals surface area contributed by atoms with Gasteiger partial charge in [0.15, 0.2) is 5.83 Å². The minimum atomic E-state index is -0.776. The van der Waals surface area contributed by atoms with Gasteiger partial charge in [-0.05, 0) is 5.56 Å². The van der Waals surface area contributed by atoms with Crippen molar-refractivity contribution in [2.24, 2.45) is 17.1 Å². The fourth-order valence-corrected chi connectivity index (χ4v) is 2.87. The van der Waals surface area contributed by atoms with Crippen LogP contribution in [0, 0.1) is 11.3 Å². The van der Waals surface area contributed by atoms with Gasteiger partial charge in [-0.25, -0.2) is 8.78 Å². The van der Waals surface area contributed by atoms with Crippen LogP contribution in [0.5, 0.6) is 0 Å². The molecule has 0 amide bonds. The first kappa shape index (κ1) is 13.9. The third-order valence-electron chi connectivity index (χ3n) is 4.08. The Labute approximate surface area is 122 Å². The summed E-state index contributed by atoms with van der Waals surface area (Å²) in [5, 5.41) is 0. The summed E-state index contributed by atoms with van der Waals surface area (Å²) in [4.78, 5) is 0. The van der Waals surface area contributed by atoms with E-state index in [0.717, 1.165) is 11.6 Å². The average Bonchev–Trinajstić information content (AvgIpc) is 3.17. The number of ether oxygens (including phenoxy) is 1. The van der Waals surface area contributed by atoms with Gasteiger partial charge in [0.1, 0.15) is 18.2 Å². The Bertz CT molecular complexity index is 648. The maximum atomic E-state index is 14.2. The number of hydrogen-bond donors (Lipinski definition) is 1. The molecule has 21 heavy (non-hydrogen) atoms. The number of halogens is 2. The van der Waals surface area contributed by atoms with Crippen molar-refractivity contribution >= 4 is 0 Å². The van der Waals surface area contributed by atoms with Crippen molar-refractivity contribution in [3.8, 4) is 0 Å². The van der Waals surface area contributed by atoms with Crippen LogP contribution in [0.1, 0.15) is 18.9 Å². The Morgan fingerprint density at radius 2 is 1.95 bits per heavy atom. The number of allylic oxidation sites excluding steroid dienone is 6. The average molecular weight is 289 g/mol. The summed E-state index contributed by atoms with van der Waals surface area (Å²) in [6, 6.07) is 9.49. The smallest absolute Gasteiger partial charge is 0.163 e. The number of nitrogens with two attached hydrogens (primary N) is 1. The molecule has 0 bridgehead atoms. The SMILES string of the molecule is CC1(C2C=C2N)CC(F)=CC(F)=C1OCc1ccccc1. The third kappa shape index (κ3) is 2.58. The molecule has 2 aliphatic carbocycles. The maximum absolute atomic E-state index is 14.2. The van der Waals surface area contributed by atoms with E-state index < -0.39 is 17.1 Å². The lowest BCUT2D eigenvalue weighted by atomic mass is 9.75. The van der Waals surface area contributed by atoms with E-state index in [1.165, 1.54) is 0 Å². The number of benzene rings is 1. The lowest BCUT2D eigenvalue weighted by Crippen LogP contribution is -2.29. The quantitative estimate of drug-likeness (QED) is 0.905. The van der Waals surface area contributed by atoms with Crippen molar-refractivity contribution < 1.29 is 13.5 Å². The lowest BCUT2D eigenvalue weighted by molar-refractivity contribution is 0.0965. The zero-order valence-corrected chi connectivity index (χ0v) is 11.8. The van der Waals surface area contributed by atoms with E-state index in [1.807, 2.05) is 36.4 Å². The fraction of sp³-hybridized carbons (Fsp3) is 0.294. The van der Waals surface area contributed by atoms with Gasteiger partial charge in [0, 0.05) is 29.5 Å². The third-order valence-corrected chi connectivity index (χ3v) is 4.08. The summed E-state index contributed by atoms with van der Waals surface area (Å²) in [6.07, 6.45) is 2.82. The predicted octanol–water partition coefficient (Wildman–Crippen LogP) is 4.12. The Hall–Kier alpha value is -2.10. The van der Waals surface area contributed by atoms with Gasteiger partial charge in [0.25, 0.3) is 0 Å². The first-order valence-electron chi connectivity index (χ1n) is 6.91. The molecule has 1 aromatic carbocycles. The molecule has 4 heteroatoms.